The minimum atomic E-state index is -4.31. The van der Waals surface area contributed by atoms with Crippen molar-refractivity contribution >= 4 is 45.3 Å². The van der Waals surface area contributed by atoms with Crippen molar-refractivity contribution in [2.45, 2.75) is 65.6 Å². The van der Waals surface area contributed by atoms with Crippen molar-refractivity contribution in [1.82, 2.24) is 0 Å². The average Bonchev–Trinajstić information content (AvgIpc) is 3.25. The Morgan fingerprint density at radius 2 is 0.838 bits per heavy atom. The van der Waals surface area contributed by atoms with Crippen LogP contribution in [0.4, 0.5) is 0 Å². The molecule has 0 bridgehead atoms. The number of allylic oxidation sites excluding steroid dienone is 1. The van der Waals surface area contributed by atoms with E-state index in [2.05, 4.69) is 0 Å². The van der Waals surface area contributed by atoms with E-state index in [9.17, 15) is 18.3 Å². The molecule has 0 aromatic rings. The Kier molecular flexibility index (Phi) is 15.8. The normalized spacial score (nSPS) is 19.7. The summed E-state index contributed by atoms with van der Waals surface area (Å²) in [5, 5.41) is -0.212. The Hall–Kier alpha value is 0.859. The number of rotatable bonds is 20. The Morgan fingerprint density at radius 3 is 1.19 bits per heavy atom. The summed E-state index contributed by atoms with van der Waals surface area (Å²) in [6, 6.07) is 0. The van der Waals surface area contributed by atoms with Gasteiger partial charge in [-0.1, -0.05) is 0 Å². The molecule has 1 rings (SSSR count). The molecule has 0 saturated heterocycles. The van der Waals surface area contributed by atoms with Gasteiger partial charge < -0.3 is 0 Å². The fourth-order valence-electron chi connectivity index (χ4n) is 3.64. The van der Waals surface area contributed by atoms with Crippen LogP contribution < -0.4 is 0 Å². The summed E-state index contributed by atoms with van der Waals surface area (Å²) in [6.45, 7) is 12.8. The molecule has 0 unspecified atom stereocenters. The van der Waals surface area contributed by atoms with Gasteiger partial charge in [0.25, 0.3) is 0 Å². The van der Waals surface area contributed by atoms with E-state index < -0.39 is 55.6 Å². The second-order valence-corrected chi connectivity index (χ2v) is 19.2. The van der Waals surface area contributed by atoms with E-state index in [1.807, 2.05) is 0 Å². The van der Waals surface area contributed by atoms with Crippen molar-refractivity contribution in [1.29, 1.82) is 0 Å². The summed E-state index contributed by atoms with van der Waals surface area (Å²) in [4.78, 5) is 0. The summed E-state index contributed by atoms with van der Waals surface area (Å²) < 4.78 is 101. The third-order valence-electron chi connectivity index (χ3n) is 4.63. The van der Waals surface area contributed by atoms with Crippen molar-refractivity contribution < 1.29 is 54.5 Å². The van der Waals surface area contributed by atoms with Crippen LogP contribution in [-0.2, 0) is 54.5 Å². The fourth-order valence-corrected chi connectivity index (χ4v) is 22.1. The summed E-state index contributed by atoms with van der Waals surface area (Å²) >= 11 is -1.09. The van der Waals surface area contributed by atoms with Gasteiger partial charge in [0, 0.05) is 0 Å². The van der Waals surface area contributed by atoms with E-state index in [1.54, 1.807) is 55.4 Å². The van der Waals surface area contributed by atoms with Gasteiger partial charge in [0.2, 0.25) is 0 Å². The summed E-state index contributed by atoms with van der Waals surface area (Å²) in [6.07, 6.45) is 0. The van der Waals surface area contributed by atoms with E-state index in [0.717, 1.165) is 0 Å². The summed E-state index contributed by atoms with van der Waals surface area (Å²) in [5.41, 5.74) is -1.47. The number of hydrogen-bond donors (Lipinski definition) is 0. The molecule has 1 heterocycles. The van der Waals surface area contributed by atoms with Gasteiger partial charge in [-0.3, -0.25) is 0 Å². The first-order chi connectivity index (χ1) is 17.5. The maximum atomic E-state index is 14.4. The molecule has 1 aliphatic heterocycles. The van der Waals surface area contributed by atoms with Gasteiger partial charge >= 0.3 is 228 Å². The van der Waals surface area contributed by atoms with Crippen LogP contribution in [0.2, 0.25) is 0 Å². The monoisotopic (exact) mass is 678 g/mol. The quantitative estimate of drug-likeness (QED) is 0.101. The third kappa shape index (κ3) is 8.44. The van der Waals surface area contributed by atoms with Gasteiger partial charge in [-0.25, -0.2) is 0 Å². The second-order valence-electron chi connectivity index (χ2n) is 7.06. The van der Waals surface area contributed by atoms with Crippen LogP contribution >= 0.6 is 30.4 Å². The molecule has 220 valence electrons. The SMILES string of the molecule is CCOP(=O)(OCC)C1=C(P(=O)(OCC)OCC)[C@H](P(=O)(OCC)OCC)[C@@H](P(=O)(OCC)OCC)[Se]1. The van der Waals surface area contributed by atoms with E-state index in [-0.39, 0.29) is 62.4 Å². The van der Waals surface area contributed by atoms with Gasteiger partial charge in [-0.2, -0.15) is 0 Å². The number of hydrogen-bond acceptors (Lipinski definition) is 12. The Morgan fingerprint density at radius 1 is 0.514 bits per heavy atom. The van der Waals surface area contributed by atoms with Crippen LogP contribution in [0.3, 0.4) is 0 Å². The van der Waals surface area contributed by atoms with Crippen molar-refractivity contribution in [3.8, 4) is 0 Å². The van der Waals surface area contributed by atoms with E-state index >= 15 is 0 Å². The van der Waals surface area contributed by atoms with Crippen molar-refractivity contribution in [3.63, 3.8) is 0 Å². The molecule has 37 heavy (non-hydrogen) atoms. The molecule has 0 aromatic carbocycles. The van der Waals surface area contributed by atoms with E-state index in [4.69, 9.17) is 36.2 Å². The van der Waals surface area contributed by atoms with Gasteiger partial charge in [0.05, 0.1) is 0 Å². The molecule has 2 atom stereocenters. The van der Waals surface area contributed by atoms with E-state index in [1.165, 1.54) is 0 Å². The molecule has 1 aliphatic rings. The molecular weight excluding hydrogens is 635 g/mol. The zero-order chi connectivity index (χ0) is 28.3. The molecule has 0 radical (unpaired) electrons. The van der Waals surface area contributed by atoms with Crippen molar-refractivity contribution in [2.75, 3.05) is 52.9 Å². The first kappa shape index (κ1) is 35.9. The first-order valence-corrected chi connectivity index (χ1v) is 20.6. The van der Waals surface area contributed by atoms with Crippen LogP contribution in [0.5, 0.6) is 0 Å². The molecule has 0 aromatic heterocycles. The van der Waals surface area contributed by atoms with Gasteiger partial charge in [-0.05, 0) is 0 Å². The van der Waals surface area contributed by atoms with Crippen LogP contribution in [0.1, 0.15) is 55.4 Å². The third-order valence-corrected chi connectivity index (χ3v) is 21.0. The molecular formula is C20H42O12P4Se. The van der Waals surface area contributed by atoms with E-state index in [0.29, 0.717) is 0 Å². The van der Waals surface area contributed by atoms with Crippen LogP contribution in [-0.4, -0.2) is 78.0 Å². The van der Waals surface area contributed by atoms with Crippen molar-refractivity contribution in [2.24, 2.45) is 0 Å². The maximum absolute atomic E-state index is 14.4. The molecule has 0 amide bonds. The Labute approximate surface area is 227 Å². The fraction of sp³-hybridized carbons (Fsp3) is 0.900. The Bertz CT molecular complexity index is 902. The predicted octanol–water partition coefficient (Wildman–Crippen LogP) is 6.63. The molecule has 0 aliphatic carbocycles. The molecule has 17 heteroatoms. The van der Waals surface area contributed by atoms with Crippen LogP contribution in [0, 0.1) is 0 Å². The summed E-state index contributed by atoms with van der Waals surface area (Å²) in [7, 11) is -16.8. The Balaban J connectivity index is 4.25. The topological polar surface area (TPSA) is 142 Å². The molecule has 0 saturated carbocycles. The van der Waals surface area contributed by atoms with Crippen LogP contribution in [0.15, 0.2) is 9.53 Å². The molecule has 0 N–H and O–H groups in total. The summed E-state index contributed by atoms with van der Waals surface area (Å²) in [5.74, 6) is 0. The zero-order valence-electron chi connectivity index (χ0n) is 22.9. The first-order valence-electron chi connectivity index (χ1n) is 12.4. The average molecular weight is 677 g/mol. The standard InChI is InChI=1S/C20H42O12P4Se/c1-9-25-33(21,26-10-2)17-18(34(22,27-11-3)28-12-4)20(36(24,31-15-7)32-16-8)37-19(17)35(23,29-13-5)30-14-6/h17,19H,9-16H2,1-8H3/t17-,19-/m0/s1. The van der Waals surface area contributed by atoms with Gasteiger partial charge in [0.1, 0.15) is 0 Å². The van der Waals surface area contributed by atoms with Gasteiger partial charge in [-0.15, -0.1) is 0 Å². The zero-order valence-corrected chi connectivity index (χ0v) is 28.2. The molecule has 0 fully saturated rings. The molecule has 0 spiro atoms. The van der Waals surface area contributed by atoms with Crippen LogP contribution in [0.25, 0.3) is 0 Å². The minimum absolute atomic E-state index is 0.00377. The second kappa shape index (κ2) is 16.3. The predicted molar refractivity (Wildman–Crippen MR) is 144 cm³/mol. The molecule has 12 nitrogen and oxygen atoms in total. The van der Waals surface area contributed by atoms with Gasteiger partial charge in [0.15, 0.2) is 0 Å². The van der Waals surface area contributed by atoms with Crippen molar-refractivity contribution in [3.05, 3.63) is 9.53 Å².